The maximum atomic E-state index is 12.6. The summed E-state index contributed by atoms with van der Waals surface area (Å²) < 4.78 is 0. The van der Waals surface area contributed by atoms with E-state index < -0.39 is 0 Å². The van der Waals surface area contributed by atoms with Crippen molar-refractivity contribution >= 4 is 29.1 Å². The molecule has 24 heavy (non-hydrogen) atoms. The number of carbonyl (C=O) groups is 1. The number of likely N-dealkylation sites (tertiary alicyclic amines) is 1. The van der Waals surface area contributed by atoms with Crippen LogP contribution in [0.15, 0.2) is 42.5 Å². The Labute approximate surface area is 150 Å². The van der Waals surface area contributed by atoms with E-state index >= 15 is 0 Å². The molecule has 0 atom stereocenters. The van der Waals surface area contributed by atoms with Crippen molar-refractivity contribution in [3.05, 3.63) is 48.0 Å². The molecule has 0 bridgehead atoms. The number of hydrogen-bond donors (Lipinski definition) is 1. The highest BCUT2D eigenvalue weighted by atomic mass is 35.5. The number of benzene rings is 2. The summed E-state index contributed by atoms with van der Waals surface area (Å²) in [5, 5.41) is 5.63. The molecule has 1 N–H and O–H groups in total. The van der Waals surface area contributed by atoms with Crippen LogP contribution in [0.25, 0.3) is 10.8 Å². The summed E-state index contributed by atoms with van der Waals surface area (Å²) in [5.74, 6) is 1.04. The lowest BCUT2D eigenvalue weighted by molar-refractivity contribution is -0.131. The van der Waals surface area contributed by atoms with Crippen molar-refractivity contribution < 1.29 is 4.79 Å². The summed E-state index contributed by atoms with van der Waals surface area (Å²) in [5.41, 5.74) is 1.14. The van der Waals surface area contributed by atoms with Crippen molar-refractivity contribution in [1.29, 1.82) is 0 Å². The zero-order valence-electron chi connectivity index (χ0n) is 14.3. The number of fused-ring (bicyclic) bond motifs is 1. The molecule has 0 saturated carbocycles. The van der Waals surface area contributed by atoms with Crippen LogP contribution in [0.3, 0.4) is 0 Å². The predicted molar refractivity (Wildman–Crippen MR) is 103 cm³/mol. The van der Waals surface area contributed by atoms with Gasteiger partial charge in [0.25, 0.3) is 0 Å². The van der Waals surface area contributed by atoms with Crippen LogP contribution >= 0.6 is 12.4 Å². The molecular formula is C20H27ClN2O. The third-order valence-corrected chi connectivity index (χ3v) is 4.99. The van der Waals surface area contributed by atoms with Crippen LogP contribution in [0.2, 0.25) is 0 Å². The first-order valence-corrected chi connectivity index (χ1v) is 8.67. The Morgan fingerprint density at radius 3 is 2.58 bits per heavy atom. The lowest BCUT2D eigenvalue weighted by Crippen LogP contribution is -2.39. The third-order valence-electron chi connectivity index (χ3n) is 4.99. The normalized spacial score (nSPS) is 15.3. The highest BCUT2D eigenvalue weighted by molar-refractivity contribution is 5.90. The van der Waals surface area contributed by atoms with E-state index in [1.165, 1.54) is 17.2 Å². The number of carbonyl (C=O) groups excluding carboxylic acids is 1. The van der Waals surface area contributed by atoms with Crippen LogP contribution in [0, 0.1) is 5.92 Å². The quantitative estimate of drug-likeness (QED) is 0.896. The van der Waals surface area contributed by atoms with E-state index in [1.807, 2.05) is 19.2 Å². The van der Waals surface area contributed by atoms with Gasteiger partial charge in [-0.25, -0.2) is 0 Å². The lowest BCUT2D eigenvalue weighted by Gasteiger charge is -2.32. The Bertz CT molecular complexity index is 660. The van der Waals surface area contributed by atoms with Crippen molar-refractivity contribution in [3.8, 4) is 0 Å². The summed E-state index contributed by atoms with van der Waals surface area (Å²) in [6.45, 7) is 2.91. The average Bonchev–Trinajstić information content (AvgIpc) is 2.60. The number of nitrogens with zero attached hydrogens (tertiary/aromatic N) is 1. The monoisotopic (exact) mass is 346 g/mol. The minimum absolute atomic E-state index is 0. The van der Waals surface area contributed by atoms with Crippen molar-refractivity contribution in [3.63, 3.8) is 0 Å². The Hall–Kier alpha value is -1.58. The van der Waals surface area contributed by atoms with E-state index in [-0.39, 0.29) is 18.3 Å². The van der Waals surface area contributed by atoms with Crippen molar-refractivity contribution in [2.45, 2.75) is 25.7 Å². The summed E-state index contributed by atoms with van der Waals surface area (Å²) >= 11 is 0. The second kappa shape index (κ2) is 9.05. The summed E-state index contributed by atoms with van der Waals surface area (Å²) in [6.07, 6.45) is 4.02. The van der Waals surface area contributed by atoms with Crippen LogP contribution in [-0.2, 0) is 11.2 Å². The first-order chi connectivity index (χ1) is 11.3. The largest absolute Gasteiger partial charge is 0.342 e. The van der Waals surface area contributed by atoms with Crippen LogP contribution in [0.4, 0.5) is 0 Å². The molecule has 2 aromatic rings. The molecular weight excluding hydrogens is 320 g/mol. The number of amides is 1. The van der Waals surface area contributed by atoms with Gasteiger partial charge in [-0.15, -0.1) is 12.4 Å². The molecule has 1 aliphatic rings. The number of halogens is 1. The van der Waals surface area contributed by atoms with E-state index in [0.717, 1.165) is 44.0 Å². The van der Waals surface area contributed by atoms with Crippen LogP contribution in [-0.4, -0.2) is 37.5 Å². The van der Waals surface area contributed by atoms with Gasteiger partial charge in [-0.05, 0) is 55.1 Å². The smallest absolute Gasteiger partial charge is 0.227 e. The van der Waals surface area contributed by atoms with Gasteiger partial charge >= 0.3 is 0 Å². The van der Waals surface area contributed by atoms with Crippen molar-refractivity contribution in [2.24, 2.45) is 5.92 Å². The van der Waals surface area contributed by atoms with E-state index in [9.17, 15) is 4.79 Å². The van der Waals surface area contributed by atoms with Gasteiger partial charge in [0.1, 0.15) is 0 Å². The van der Waals surface area contributed by atoms with Gasteiger partial charge in [-0.1, -0.05) is 42.5 Å². The molecule has 0 radical (unpaired) electrons. The molecule has 3 nitrogen and oxygen atoms in total. The summed E-state index contributed by atoms with van der Waals surface area (Å²) in [7, 11) is 2.00. The fourth-order valence-corrected chi connectivity index (χ4v) is 3.54. The minimum Gasteiger partial charge on any atom is -0.342 e. The lowest BCUT2D eigenvalue weighted by atomic mass is 9.93. The predicted octanol–water partition coefficient (Wildman–Crippen LogP) is 3.65. The number of piperidine rings is 1. The first-order valence-electron chi connectivity index (χ1n) is 8.67. The van der Waals surface area contributed by atoms with Gasteiger partial charge in [0.15, 0.2) is 0 Å². The van der Waals surface area contributed by atoms with Gasteiger partial charge < -0.3 is 10.2 Å². The average molecular weight is 347 g/mol. The zero-order chi connectivity index (χ0) is 16.1. The Balaban J connectivity index is 0.00000208. The van der Waals surface area contributed by atoms with E-state index in [0.29, 0.717) is 6.42 Å². The summed E-state index contributed by atoms with van der Waals surface area (Å²) in [6, 6.07) is 14.6. The van der Waals surface area contributed by atoms with E-state index in [1.54, 1.807) is 0 Å². The molecule has 0 aromatic heterocycles. The fraction of sp³-hybridized carbons (Fsp3) is 0.450. The molecule has 130 valence electrons. The number of nitrogens with one attached hydrogen (secondary N) is 1. The van der Waals surface area contributed by atoms with E-state index in [4.69, 9.17) is 0 Å². The fourth-order valence-electron chi connectivity index (χ4n) is 3.54. The maximum Gasteiger partial charge on any atom is 0.227 e. The van der Waals surface area contributed by atoms with Crippen LogP contribution in [0.1, 0.15) is 24.8 Å². The topological polar surface area (TPSA) is 32.3 Å². The summed E-state index contributed by atoms with van der Waals surface area (Å²) in [4.78, 5) is 14.7. The molecule has 4 heteroatoms. The molecule has 1 aliphatic heterocycles. The Kier molecular flexibility index (Phi) is 7.07. The molecule has 0 aliphatic carbocycles. The van der Waals surface area contributed by atoms with Gasteiger partial charge in [-0.2, -0.15) is 0 Å². The van der Waals surface area contributed by atoms with Gasteiger partial charge in [0, 0.05) is 13.1 Å². The second-order valence-corrected chi connectivity index (χ2v) is 6.53. The molecule has 3 rings (SSSR count). The first kappa shape index (κ1) is 18.8. The third kappa shape index (κ3) is 4.49. The molecule has 0 spiro atoms. The standard InChI is InChI=1S/C20H26N2O.ClH/c1-21-12-9-16-10-13-22(14-11-16)20(23)15-18-7-4-6-17-5-2-3-8-19(17)18;/h2-8,16,21H,9-15H2,1H3;1H. The molecule has 2 aromatic carbocycles. The molecule has 0 unspecified atom stereocenters. The van der Waals surface area contributed by atoms with Crippen molar-refractivity contribution in [2.75, 3.05) is 26.7 Å². The second-order valence-electron chi connectivity index (χ2n) is 6.53. The Morgan fingerprint density at radius 1 is 1.12 bits per heavy atom. The SMILES string of the molecule is CNCCC1CCN(C(=O)Cc2cccc3ccccc23)CC1.Cl. The number of hydrogen-bond acceptors (Lipinski definition) is 2. The van der Waals surface area contributed by atoms with Crippen LogP contribution < -0.4 is 5.32 Å². The zero-order valence-corrected chi connectivity index (χ0v) is 15.1. The molecule has 1 heterocycles. The van der Waals surface area contributed by atoms with Crippen molar-refractivity contribution in [1.82, 2.24) is 10.2 Å². The van der Waals surface area contributed by atoms with Crippen LogP contribution in [0.5, 0.6) is 0 Å². The van der Waals surface area contributed by atoms with E-state index in [2.05, 4.69) is 40.5 Å². The van der Waals surface area contributed by atoms with Gasteiger partial charge in [-0.3, -0.25) is 4.79 Å². The molecule has 1 saturated heterocycles. The maximum absolute atomic E-state index is 12.6. The van der Waals surface area contributed by atoms with Gasteiger partial charge in [0.2, 0.25) is 5.91 Å². The highest BCUT2D eigenvalue weighted by Gasteiger charge is 2.22. The van der Waals surface area contributed by atoms with Gasteiger partial charge in [0.05, 0.1) is 6.42 Å². The minimum atomic E-state index is 0. The highest BCUT2D eigenvalue weighted by Crippen LogP contribution is 2.23. The molecule has 1 amide bonds. The number of rotatable bonds is 5. The molecule has 1 fully saturated rings. The Morgan fingerprint density at radius 2 is 1.83 bits per heavy atom.